The molecule has 0 atom stereocenters. The minimum atomic E-state index is -0.264. The third-order valence-corrected chi connectivity index (χ3v) is 5.05. The van der Waals surface area contributed by atoms with Crippen LogP contribution in [-0.2, 0) is 11.3 Å². The van der Waals surface area contributed by atoms with Crippen LogP contribution in [-0.4, -0.2) is 25.0 Å². The molecule has 0 aliphatic carbocycles. The number of benzene rings is 3. The fourth-order valence-electron chi connectivity index (χ4n) is 3.40. The predicted octanol–water partition coefficient (Wildman–Crippen LogP) is 4.57. The zero-order chi connectivity index (χ0) is 21.8. The molecule has 3 aromatic rings. The highest BCUT2D eigenvalue weighted by molar-refractivity contribution is 6.06. The van der Waals surface area contributed by atoms with E-state index in [4.69, 9.17) is 9.47 Å². The van der Waals surface area contributed by atoms with Crippen LogP contribution in [0, 0.1) is 6.92 Å². The van der Waals surface area contributed by atoms with E-state index >= 15 is 0 Å². The smallest absolute Gasteiger partial charge is 0.265 e. The molecule has 0 fully saturated rings. The molecule has 6 nitrogen and oxygen atoms in total. The molecule has 6 heteroatoms. The molecule has 0 bridgehead atoms. The Morgan fingerprint density at radius 2 is 1.81 bits per heavy atom. The number of carbonyl (C=O) groups is 2. The second-order valence-corrected chi connectivity index (χ2v) is 7.35. The van der Waals surface area contributed by atoms with Gasteiger partial charge >= 0.3 is 0 Å². The van der Waals surface area contributed by atoms with Gasteiger partial charge in [-0.2, -0.15) is 0 Å². The SMILES string of the molecule is CCOc1ccc(NC(=O)c2ccc3c(c2)N(Cc2ccc(C)cc2)C(=O)CO3)cc1. The second-order valence-electron chi connectivity index (χ2n) is 7.35. The van der Waals surface area contributed by atoms with Crippen molar-refractivity contribution in [3.05, 3.63) is 83.4 Å². The molecule has 0 unspecified atom stereocenters. The summed E-state index contributed by atoms with van der Waals surface area (Å²) < 4.78 is 11.0. The average Bonchev–Trinajstić information content (AvgIpc) is 2.78. The first kappa shape index (κ1) is 20.5. The van der Waals surface area contributed by atoms with Crippen LogP contribution in [0.3, 0.4) is 0 Å². The van der Waals surface area contributed by atoms with Crippen molar-refractivity contribution in [2.24, 2.45) is 0 Å². The third kappa shape index (κ3) is 4.69. The normalized spacial score (nSPS) is 12.7. The Kier molecular flexibility index (Phi) is 5.89. The van der Waals surface area contributed by atoms with Crippen LogP contribution in [0.25, 0.3) is 0 Å². The molecule has 2 amide bonds. The van der Waals surface area contributed by atoms with Crippen LogP contribution in [0.4, 0.5) is 11.4 Å². The number of fused-ring (bicyclic) bond motifs is 1. The zero-order valence-corrected chi connectivity index (χ0v) is 17.6. The van der Waals surface area contributed by atoms with E-state index in [-0.39, 0.29) is 18.4 Å². The number of carbonyl (C=O) groups excluding carboxylic acids is 2. The number of amides is 2. The molecule has 0 saturated heterocycles. The summed E-state index contributed by atoms with van der Waals surface area (Å²) >= 11 is 0. The lowest BCUT2D eigenvalue weighted by molar-refractivity contribution is -0.121. The Hall–Kier alpha value is -3.80. The first-order valence-corrected chi connectivity index (χ1v) is 10.2. The Labute approximate surface area is 181 Å². The van der Waals surface area contributed by atoms with Crippen LogP contribution in [0.5, 0.6) is 11.5 Å². The number of aryl methyl sites for hydroxylation is 1. The van der Waals surface area contributed by atoms with Gasteiger partial charge in [0.1, 0.15) is 11.5 Å². The summed E-state index contributed by atoms with van der Waals surface area (Å²) in [5, 5.41) is 2.88. The summed E-state index contributed by atoms with van der Waals surface area (Å²) in [6, 6.07) is 20.4. The maximum absolute atomic E-state index is 12.8. The average molecular weight is 416 g/mol. The van der Waals surface area contributed by atoms with E-state index in [1.54, 1.807) is 35.2 Å². The summed E-state index contributed by atoms with van der Waals surface area (Å²) in [5.74, 6) is 0.929. The van der Waals surface area contributed by atoms with Crippen molar-refractivity contribution in [1.82, 2.24) is 0 Å². The van der Waals surface area contributed by atoms with Gasteiger partial charge in [0.25, 0.3) is 11.8 Å². The topological polar surface area (TPSA) is 67.9 Å². The zero-order valence-electron chi connectivity index (χ0n) is 17.6. The number of anilines is 2. The molecule has 0 saturated carbocycles. The predicted molar refractivity (Wildman–Crippen MR) is 120 cm³/mol. The molecule has 158 valence electrons. The van der Waals surface area contributed by atoms with Crippen LogP contribution in [0.15, 0.2) is 66.7 Å². The Morgan fingerprint density at radius 3 is 2.52 bits per heavy atom. The molecule has 0 radical (unpaired) electrons. The molecule has 0 aromatic heterocycles. The Bertz CT molecular complexity index is 1090. The molecule has 1 N–H and O–H groups in total. The van der Waals surface area contributed by atoms with Crippen molar-refractivity contribution < 1.29 is 19.1 Å². The van der Waals surface area contributed by atoms with Crippen molar-refractivity contribution in [2.75, 3.05) is 23.4 Å². The Balaban J connectivity index is 1.55. The lowest BCUT2D eigenvalue weighted by Crippen LogP contribution is -2.38. The summed E-state index contributed by atoms with van der Waals surface area (Å²) in [6.07, 6.45) is 0. The van der Waals surface area contributed by atoms with Crippen molar-refractivity contribution in [2.45, 2.75) is 20.4 Å². The minimum absolute atomic E-state index is 0.0173. The lowest BCUT2D eigenvalue weighted by Gasteiger charge is -2.30. The van der Waals surface area contributed by atoms with E-state index in [1.165, 1.54) is 0 Å². The number of hydrogen-bond donors (Lipinski definition) is 1. The molecule has 4 rings (SSSR count). The molecule has 1 heterocycles. The van der Waals surface area contributed by atoms with Gasteiger partial charge in [0.15, 0.2) is 6.61 Å². The summed E-state index contributed by atoms with van der Waals surface area (Å²) in [4.78, 5) is 27.0. The van der Waals surface area contributed by atoms with Gasteiger partial charge in [0, 0.05) is 11.3 Å². The van der Waals surface area contributed by atoms with E-state index in [2.05, 4.69) is 5.32 Å². The monoisotopic (exact) mass is 416 g/mol. The fourth-order valence-corrected chi connectivity index (χ4v) is 3.40. The van der Waals surface area contributed by atoms with Gasteiger partial charge in [-0.05, 0) is 61.9 Å². The molecule has 0 spiro atoms. The highest BCUT2D eigenvalue weighted by Gasteiger charge is 2.26. The van der Waals surface area contributed by atoms with Crippen LogP contribution in [0.2, 0.25) is 0 Å². The maximum Gasteiger partial charge on any atom is 0.265 e. The number of hydrogen-bond acceptors (Lipinski definition) is 4. The van der Waals surface area contributed by atoms with Crippen LogP contribution in [0.1, 0.15) is 28.4 Å². The second kappa shape index (κ2) is 8.92. The first-order chi connectivity index (χ1) is 15.0. The largest absolute Gasteiger partial charge is 0.494 e. The van der Waals surface area contributed by atoms with Gasteiger partial charge < -0.3 is 19.7 Å². The van der Waals surface area contributed by atoms with E-state index < -0.39 is 0 Å². The van der Waals surface area contributed by atoms with Crippen LogP contribution >= 0.6 is 0 Å². The van der Waals surface area contributed by atoms with Crippen LogP contribution < -0.4 is 19.7 Å². The number of rotatable bonds is 6. The van der Waals surface area contributed by atoms with Gasteiger partial charge in [0.2, 0.25) is 0 Å². The molecule has 31 heavy (non-hydrogen) atoms. The molecular weight excluding hydrogens is 392 g/mol. The highest BCUT2D eigenvalue weighted by atomic mass is 16.5. The number of nitrogens with zero attached hydrogens (tertiary/aromatic N) is 1. The van der Waals surface area contributed by atoms with Crippen molar-refractivity contribution in [3.8, 4) is 11.5 Å². The van der Waals surface area contributed by atoms with E-state index in [1.807, 2.05) is 50.2 Å². The van der Waals surface area contributed by atoms with Gasteiger partial charge in [-0.1, -0.05) is 29.8 Å². The quantitative estimate of drug-likeness (QED) is 0.639. The number of nitrogens with one attached hydrogen (secondary N) is 1. The van der Waals surface area contributed by atoms with Crippen molar-refractivity contribution in [1.29, 1.82) is 0 Å². The minimum Gasteiger partial charge on any atom is -0.494 e. The summed E-state index contributed by atoms with van der Waals surface area (Å²) in [5.41, 5.74) is 3.87. The Morgan fingerprint density at radius 1 is 1.06 bits per heavy atom. The van der Waals surface area contributed by atoms with Gasteiger partial charge in [-0.15, -0.1) is 0 Å². The first-order valence-electron chi connectivity index (χ1n) is 10.2. The lowest BCUT2D eigenvalue weighted by atomic mass is 10.1. The van der Waals surface area contributed by atoms with E-state index in [9.17, 15) is 9.59 Å². The van der Waals surface area contributed by atoms with E-state index in [0.29, 0.717) is 35.8 Å². The highest BCUT2D eigenvalue weighted by Crippen LogP contribution is 2.34. The van der Waals surface area contributed by atoms with Gasteiger partial charge in [-0.25, -0.2) is 0 Å². The van der Waals surface area contributed by atoms with E-state index in [0.717, 1.165) is 16.9 Å². The van der Waals surface area contributed by atoms with Crippen molar-refractivity contribution >= 4 is 23.2 Å². The fraction of sp³-hybridized carbons (Fsp3) is 0.200. The standard InChI is InChI=1S/C25H24N2O4/c1-3-30-21-11-9-20(10-12-21)26-25(29)19-8-13-23-22(14-19)27(24(28)16-31-23)15-18-6-4-17(2)5-7-18/h4-14H,3,15-16H2,1-2H3,(H,26,29). The molecule has 1 aliphatic heterocycles. The molecule has 3 aromatic carbocycles. The maximum atomic E-state index is 12.8. The molecular formula is C25H24N2O4. The molecule has 1 aliphatic rings. The van der Waals surface area contributed by atoms with Crippen molar-refractivity contribution in [3.63, 3.8) is 0 Å². The summed E-state index contributed by atoms with van der Waals surface area (Å²) in [7, 11) is 0. The third-order valence-electron chi connectivity index (χ3n) is 5.05. The van der Waals surface area contributed by atoms with Gasteiger partial charge in [0.05, 0.1) is 18.8 Å². The summed E-state index contributed by atoms with van der Waals surface area (Å²) in [6.45, 7) is 4.92. The van der Waals surface area contributed by atoms with Gasteiger partial charge in [-0.3, -0.25) is 9.59 Å². The number of ether oxygens (including phenoxy) is 2.